The van der Waals surface area contributed by atoms with Crippen LogP contribution in [0.25, 0.3) is 0 Å². The Kier molecular flexibility index (Phi) is 7.98. The third-order valence-corrected chi connectivity index (χ3v) is 0.784. The maximum atomic E-state index is 9.59. The molecular formula is C2H5IrO3. The van der Waals surface area contributed by atoms with Gasteiger partial charge in [0, 0.05) is 0 Å². The first-order chi connectivity index (χ1) is 2.27. The van der Waals surface area contributed by atoms with Crippen molar-refractivity contribution in [1.82, 2.24) is 0 Å². The average molecular weight is 269 g/mol. The van der Waals surface area contributed by atoms with Gasteiger partial charge in [-0.3, -0.25) is 0 Å². The molecule has 6 heavy (non-hydrogen) atoms. The van der Waals surface area contributed by atoms with Crippen molar-refractivity contribution in [2.75, 3.05) is 0 Å². The largest absolute Gasteiger partial charge is 0.412 e. The molecule has 0 unspecified atom stereocenters. The van der Waals surface area contributed by atoms with E-state index in [1.165, 1.54) is 26.2 Å². The fraction of sp³-hybridized carbons (Fsp3) is 0.500. The molecule has 3 nitrogen and oxygen atoms in total. The van der Waals surface area contributed by atoms with Gasteiger partial charge in [-0.2, -0.15) is 0 Å². The standard InChI is InChI=1S/C2H4O2.Ir.H2O/c1-2(3)4;;/h1H3,(H,3,4);;1H2/q;+1;/p-1. The van der Waals surface area contributed by atoms with E-state index in [9.17, 15) is 4.79 Å². The maximum Gasteiger partial charge on any atom is -0.412 e. The van der Waals surface area contributed by atoms with Crippen LogP contribution in [-0.2, 0) is 27.6 Å². The predicted molar refractivity (Wildman–Crippen MR) is 15.4 cm³/mol. The van der Waals surface area contributed by atoms with Crippen LogP contribution in [0.5, 0.6) is 0 Å². The predicted octanol–water partition coefficient (Wildman–Crippen LogP) is -0.813. The van der Waals surface area contributed by atoms with E-state index in [4.69, 9.17) is 0 Å². The number of carbonyl (C=O) groups excluding carboxylic acids is 1. The van der Waals surface area contributed by atoms with Gasteiger partial charge in [0.15, 0.2) is 0 Å². The van der Waals surface area contributed by atoms with Gasteiger partial charge in [-0.05, 0) is 0 Å². The molecule has 4 heteroatoms. The summed E-state index contributed by atoms with van der Waals surface area (Å²) in [6.07, 6.45) is 0. The topological polar surface area (TPSA) is 57.8 Å². The van der Waals surface area contributed by atoms with Gasteiger partial charge in [-0.25, -0.2) is 0 Å². The quantitative estimate of drug-likeness (QED) is 0.577. The van der Waals surface area contributed by atoms with Crippen LogP contribution in [0.2, 0.25) is 0 Å². The first-order valence-corrected chi connectivity index (χ1v) is 2.02. The van der Waals surface area contributed by atoms with E-state index in [0.29, 0.717) is 0 Å². The zero-order chi connectivity index (χ0) is 4.28. The Hall–Kier alpha value is 0.0794. The van der Waals surface area contributed by atoms with Crippen LogP contribution in [0, 0.1) is 0 Å². The van der Waals surface area contributed by atoms with Crippen molar-refractivity contribution in [2.45, 2.75) is 6.92 Å². The summed E-state index contributed by atoms with van der Waals surface area (Å²) in [5, 5.41) is 0. The van der Waals surface area contributed by atoms with Crippen molar-refractivity contribution < 1.29 is 33.0 Å². The molecule has 0 aliphatic carbocycles. The van der Waals surface area contributed by atoms with Crippen molar-refractivity contribution in [3.05, 3.63) is 0 Å². The molecule has 0 aromatic carbocycles. The van der Waals surface area contributed by atoms with Crippen molar-refractivity contribution in [2.24, 2.45) is 0 Å². The van der Waals surface area contributed by atoms with Crippen molar-refractivity contribution in [1.29, 1.82) is 0 Å². The Morgan fingerprint density at radius 3 is 2.00 bits per heavy atom. The van der Waals surface area contributed by atoms with Gasteiger partial charge < -0.3 is 5.48 Å². The van der Waals surface area contributed by atoms with Gasteiger partial charge in [0.2, 0.25) is 0 Å². The Morgan fingerprint density at radius 2 is 2.00 bits per heavy atom. The van der Waals surface area contributed by atoms with E-state index < -0.39 is 0 Å². The Bertz CT molecular complexity index is 44.1. The number of hydrogen-bond acceptors (Lipinski definition) is 2. The summed E-state index contributed by atoms with van der Waals surface area (Å²) < 4.78 is 4.11. The number of rotatable bonds is 0. The van der Waals surface area contributed by atoms with Crippen LogP contribution in [0.4, 0.5) is 0 Å². The SMILES string of the molecule is CC(=O)[O][Ir].O. The van der Waals surface area contributed by atoms with Crippen LogP contribution in [-0.4, -0.2) is 11.4 Å². The molecule has 0 heterocycles. The molecule has 0 aromatic rings. The minimum absolute atomic E-state index is 0. The van der Waals surface area contributed by atoms with Crippen LogP contribution in [0.15, 0.2) is 0 Å². The van der Waals surface area contributed by atoms with Crippen LogP contribution in [0.3, 0.4) is 0 Å². The van der Waals surface area contributed by atoms with Crippen LogP contribution >= 0.6 is 0 Å². The second kappa shape index (κ2) is 5.08. The molecule has 0 bridgehead atoms. The van der Waals surface area contributed by atoms with E-state index in [0.717, 1.165) is 0 Å². The third-order valence-electron chi connectivity index (χ3n) is 0.0958. The molecule has 0 amide bonds. The van der Waals surface area contributed by atoms with Gasteiger partial charge in [-0.1, -0.05) is 0 Å². The van der Waals surface area contributed by atoms with E-state index in [-0.39, 0.29) is 11.4 Å². The average Bonchev–Trinajstić information content (AvgIpc) is 1.38. The summed E-state index contributed by atoms with van der Waals surface area (Å²) in [6.45, 7) is 1.36. The minimum Gasteiger partial charge on any atom is -0.412 e. The smallest absolute Gasteiger partial charge is 0.412 e. The molecule has 0 saturated carbocycles. The van der Waals surface area contributed by atoms with Crippen molar-refractivity contribution in [3.8, 4) is 0 Å². The molecule has 0 radical (unpaired) electrons. The first-order valence-electron chi connectivity index (χ1n) is 1.04. The zero-order valence-corrected chi connectivity index (χ0v) is 5.54. The van der Waals surface area contributed by atoms with Gasteiger partial charge >= 0.3 is 40.5 Å². The third kappa shape index (κ3) is 8.95. The molecule has 2 N–H and O–H groups in total. The van der Waals surface area contributed by atoms with Crippen LogP contribution < -0.4 is 0 Å². The Labute approximate surface area is 46.6 Å². The van der Waals surface area contributed by atoms with Gasteiger partial charge in [0.25, 0.3) is 0 Å². The van der Waals surface area contributed by atoms with Crippen molar-refractivity contribution >= 4 is 5.97 Å². The van der Waals surface area contributed by atoms with Gasteiger partial charge in [-0.15, -0.1) is 0 Å². The molecule has 0 fully saturated rings. The summed E-state index contributed by atoms with van der Waals surface area (Å²) in [4.78, 5) is 9.59. The minimum atomic E-state index is -0.245. The fourth-order valence-corrected chi connectivity index (χ4v) is 0. The molecule has 0 aliphatic rings. The fourth-order valence-electron chi connectivity index (χ4n) is 0. The second-order valence-corrected chi connectivity index (χ2v) is 1.05. The van der Waals surface area contributed by atoms with Gasteiger partial charge in [0.1, 0.15) is 0 Å². The summed E-state index contributed by atoms with van der Waals surface area (Å²) in [7, 11) is 0. The Morgan fingerprint density at radius 1 is 1.83 bits per heavy atom. The van der Waals surface area contributed by atoms with E-state index in [1.807, 2.05) is 0 Å². The summed E-state index contributed by atoms with van der Waals surface area (Å²) >= 11 is 1.35. The summed E-state index contributed by atoms with van der Waals surface area (Å²) in [5.41, 5.74) is 0. The van der Waals surface area contributed by atoms with Crippen LogP contribution in [0.1, 0.15) is 6.92 Å². The maximum absolute atomic E-state index is 9.59. The molecule has 0 atom stereocenters. The zero-order valence-electron chi connectivity index (χ0n) is 3.15. The van der Waals surface area contributed by atoms with Crippen molar-refractivity contribution in [3.63, 3.8) is 0 Å². The van der Waals surface area contributed by atoms with Gasteiger partial charge in [0.05, 0.1) is 0 Å². The Balaban J connectivity index is 0. The van der Waals surface area contributed by atoms with E-state index >= 15 is 0 Å². The summed E-state index contributed by atoms with van der Waals surface area (Å²) in [6, 6.07) is 0. The number of hydrogen-bond donors (Lipinski definition) is 0. The molecule has 40 valence electrons. The normalized spacial score (nSPS) is 5.83. The van der Waals surface area contributed by atoms with E-state index in [2.05, 4.69) is 3.50 Å². The second-order valence-electron chi connectivity index (χ2n) is 0.560. The molecular weight excluding hydrogens is 264 g/mol. The monoisotopic (exact) mass is 270 g/mol. The number of carbonyl (C=O) groups is 1. The summed E-state index contributed by atoms with van der Waals surface area (Å²) in [5.74, 6) is -0.245. The van der Waals surface area contributed by atoms with E-state index in [1.54, 1.807) is 0 Å². The molecule has 0 spiro atoms. The molecule has 0 aliphatic heterocycles. The molecule has 0 aromatic heterocycles. The molecule has 0 rings (SSSR count). The first kappa shape index (κ1) is 9.43. The molecule has 0 saturated heterocycles.